The second-order valence-corrected chi connectivity index (χ2v) is 12.5. The van der Waals surface area contributed by atoms with Gasteiger partial charge in [-0.3, -0.25) is 14.8 Å². The minimum atomic E-state index is -3.44. The van der Waals surface area contributed by atoms with Crippen LogP contribution >= 0.6 is 11.6 Å². The van der Waals surface area contributed by atoms with E-state index in [-0.39, 0.29) is 28.7 Å². The molecule has 2 aromatic carbocycles. The van der Waals surface area contributed by atoms with Crippen LogP contribution < -0.4 is 10.2 Å². The first-order valence-electron chi connectivity index (χ1n) is 12.6. The second kappa shape index (κ2) is 9.73. The number of hydrogen-bond acceptors (Lipinski definition) is 6. The number of carbonyl (C=O) groups is 2. The molecule has 8 nitrogen and oxygen atoms in total. The molecule has 3 amide bonds. The molecule has 0 radical (unpaired) electrons. The van der Waals surface area contributed by atoms with Crippen molar-refractivity contribution in [1.29, 1.82) is 0 Å². The first-order chi connectivity index (χ1) is 18.7. The summed E-state index contributed by atoms with van der Waals surface area (Å²) in [5.41, 5.74) is 2.78. The van der Waals surface area contributed by atoms with E-state index in [1.807, 2.05) is 36.4 Å². The molecule has 3 atom stereocenters. The van der Waals surface area contributed by atoms with Gasteiger partial charge in [0, 0.05) is 52.2 Å². The van der Waals surface area contributed by atoms with Crippen molar-refractivity contribution in [2.45, 2.75) is 36.1 Å². The van der Waals surface area contributed by atoms with E-state index in [1.165, 1.54) is 11.1 Å². The number of halogens is 1. The van der Waals surface area contributed by atoms with Gasteiger partial charge in [-0.05, 0) is 48.4 Å². The number of carbonyl (C=O) groups excluding carboxylic acids is 2. The highest BCUT2D eigenvalue weighted by molar-refractivity contribution is 7.90. The van der Waals surface area contributed by atoms with Gasteiger partial charge in [-0.1, -0.05) is 48.0 Å². The van der Waals surface area contributed by atoms with Crippen LogP contribution in [0.1, 0.15) is 30.7 Å². The third-order valence-electron chi connectivity index (χ3n) is 7.70. The number of anilines is 1. The van der Waals surface area contributed by atoms with Crippen LogP contribution in [-0.4, -0.2) is 42.6 Å². The Morgan fingerprint density at radius 3 is 2.59 bits per heavy atom. The lowest BCUT2D eigenvalue weighted by molar-refractivity contribution is -0.124. The molecule has 1 aliphatic heterocycles. The van der Waals surface area contributed by atoms with Gasteiger partial charge in [0.2, 0.25) is 5.91 Å². The molecule has 3 heterocycles. The van der Waals surface area contributed by atoms with E-state index in [0.29, 0.717) is 35.5 Å². The van der Waals surface area contributed by atoms with E-state index in [9.17, 15) is 18.0 Å². The van der Waals surface area contributed by atoms with Gasteiger partial charge in [0.1, 0.15) is 0 Å². The van der Waals surface area contributed by atoms with E-state index >= 15 is 0 Å². The van der Waals surface area contributed by atoms with E-state index in [0.717, 1.165) is 28.2 Å². The van der Waals surface area contributed by atoms with Gasteiger partial charge in [0.25, 0.3) is 0 Å². The summed E-state index contributed by atoms with van der Waals surface area (Å²) in [7, 11) is -3.44. The van der Waals surface area contributed by atoms with Crippen LogP contribution in [0.5, 0.6) is 0 Å². The predicted octanol–water partition coefficient (Wildman–Crippen LogP) is 5.36. The van der Waals surface area contributed by atoms with Gasteiger partial charge < -0.3 is 5.32 Å². The summed E-state index contributed by atoms with van der Waals surface area (Å²) in [5, 5.41) is 5.26. The van der Waals surface area contributed by atoms with Gasteiger partial charge in [-0.25, -0.2) is 18.1 Å². The molecule has 1 N–H and O–H groups in total. The summed E-state index contributed by atoms with van der Waals surface area (Å²) in [6, 6.07) is 13.8. The van der Waals surface area contributed by atoms with Crippen LogP contribution in [0.2, 0.25) is 5.02 Å². The summed E-state index contributed by atoms with van der Waals surface area (Å²) in [6.07, 6.45) is 9.14. The summed E-state index contributed by atoms with van der Waals surface area (Å²) >= 11 is 6.73. The number of nitrogens with zero attached hydrogens (tertiary/aromatic N) is 3. The molecule has 39 heavy (non-hydrogen) atoms. The van der Waals surface area contributed by atoms with Crippen LogP contribution in [0.3, 0.4) is 0 Å². The quantitative estimate of drug-likeness (QED) is 0.360. The number of amides is 3. The van der Waals surface area contributed by atoms with Crippen LogP contribution in [0, 0.1) is 5.92 Å². The first kappa shape index (κ1) is 25.5. The second-order valence-electron chi connectivity index (χ2n) is 10.1. The maximum absolute atomic E-state index is 13.7. The topological polar surface area (TPSA) is 109 Å². The summed E-state index contributed by atoms with van der Waals surface area (Å²) < 4.78 is 24.3. The third-order valence-corrected chi connectivity index (χ3v) is 9.11. The molecule has 1 saturated carbocycles. The average Bonchev–Trinajstić information content (AvgIpc) is 2.92. The summed E-state index contributed by atoms with van der Waals surface area (Å²) in [5.74, 6) is -0.653. The Morgan fingerprint density at radius 1 is 0.974 bits per heavy atom. The Morgan fingerprint density at radius 2 is 1.77 bits per heavy atom. The van der Waals surface area contributed by atoms with Crippen molar-refractivity contribution in [2.24, 2.45) is 5.92 Å². The number of benzene rings is 2. The molecule has 2 aliphatic rings. The van der Waals surface area contributed by atoms with Crippen LogP contribution in [-0.2, 0) is 14.6 Å². The van der Waals surface area contributed by atoms with Gasteiger partial charge in [0.05, 0.1) is 22.7 Å². The van der Waals surface area contributed by atoms with Gasteiger partial charge in [-0.2, -0.15) is 0 Å². The molecule has 6 rings (SSSR count). The Kier molecular flexibility index (Phi) is 6.35. The molecule has 1 saturated heterocycles. The SMILES string of the molecule is CS(=O)(=O)c1cncc(-c2cccc(Cl)c2C2CCC3C(=O)N(c4cncc5ccccc45)C(=O)NC3C2)c1. The number of sulfone groups is 1. The minimum absolute atomic E-state index is 0.0456. The molecule has 0 bridgehead atoms. The monoisotopic (exact) mass is 560 g/mol. The van der Waals surface area contributed by atoms with E-state index in [1.54, 1.807) is 30.7 Å². The molecule has 3 unspecified atom stereocenters. The highest BCUT2D eigenvalue weighted by Crippen LogP contribution is 2.45. The normalized spacial score (nSPS) is 21.5. The fourth-order valence-corrected chi connectivity index (χ4v) is 6.78. The number of urea groups is 1. The van der Waals surface area contributed by atoms with Gasteiger partial charge >= 0.3 is 6.03 Å². The predicted molar refractivity (Wildman–Crippen MR) is 149 cm³/mol. The molecule has 0 spiro atoms. The van der Waals surface area contributed by atoms with Crippen LogP contribution in [0.4, 0.5) is 10.5 Å². The van der Waals surface area contributed by atoms with Crippen molar-refractivity contribution in [3.63, 3.8) is 0 Å². The maximum Gasteiger partial charge on any atom is 0.329 e. The molecule has 1 aliphatic carbocycles. The number of aromatic nitrogens is 2. The minimum Gasteiger partial charge on any atom is -0.334 e. The van der Waals surface area contributed by atoms with E-state index < -0.39 is 15.9 Å². The van der Waals surface area contributed by atoms with Crippen molar-refractivity contribution in [3.8, 4) is 11.1 Å². The Hall–Kier alpha value is -3.82. The Labute approximate surface area is 231 Å². The number of rotatable bonds is 4. The first-order valence-corrected chi connectivity index (χ1v) is 14.9. The van der Waals surface area contributed by atoms with E-state index in [4.69, 9.17) is 11.6 Å². The molecular formula is C29H25ClN4O4S. The average molecular weight is 561 g/mol. The lowest BCUT2D eigenvalue weighted by Gasteiger charge is -2.43. The molecule has 10 heteroatoms. The van der Waals surface area contributed by atoms with Crippen molar-refractivity contribution >= 4 is 49.8 Å². The largest absolute Gasteiger partial charge is 0.334 e. The smallest absolute Gasteiger partial charge is 0.329 e. The van der Waals surface area contributed by atoms with Crippen molar-refractivity contribution < 1.29 is 18.0 Å². The Balaban J connectivity index is 1.31. The van der Waals surface area contributed by atoms with Crippen molar-refractivity contribution in [3.05, 3.63) is 83.9 Å². The molecule has 4 aromatic rings. The van der Waals surface area contributed by atoms with Crippen LogP contribution in [0.15, 0.2) is 78.2 Å². The molecular weight excluding hydrogens is 536 g/mol. The number of pyridine rings is 2. The Bertz CT molecular complexity index is 1740. The summed E-state index contributed by atoms with van der Waals surface area (Å²) in [4.78, 5) is 36.8. The number of hydrogen-bond donors (Lipinski definition) is 1. The van der Waals surface area contributed by atoms with Gasteiger partial charge in [-0.15, -0.1) is 0 Å². The molecule has 2 fully saturated rings. The standard InChI is InChI=1S/C29H25ClN4O4S/c1-39(37,38)20-11-19(14-31-15-20)22-7-4-8-24(30)27(22)17-9-10-23-25(12-17)33-29(36)34(28(23)35)26-16-32-13-18-5-2-3-6-21(18)26/h2-8,11,13-17,23,25H,9-10,12H2,1H3,(H,33,36). The molecule has 2 aromatic heterocycles. The fraction of sp³-hybridized carbons (Fsp3) is 0.241. The van der Waals surface area contributed by atoms with Crippen molar-refractivity contribution in [1.82, 2.24) is 15.3 Å². The fourth-order valence-electron chi connectivity index (χ4n) is 5.86. The number of nitrogens with one attached hydrogen (secondary N) is 1. The third kappa shape index (κ3) is 4.55. The zero-order valence-corrected chi connectivity index (χ0v) is 22.6. The highest BCUT2D eigenvalue weighted by atomic mass is 35.5. The number of imide groups is 1. The summed E-state index contributed by atoms with van der Waals surface area (Å²) in [6.45, 7) is 0. The molecule has 198 valence electrons. The zero-order chi connectivity index (χ0) is 27.3. The highest BCUT2D eigenvalue weighted by Gasteiger charge is 2.46. The lowest BCUT2D eigenvalue weighted by atomic mass is 9.73. The number of fused-ring (bicyclic) bond motifs is 2. The van der Waals surface area contributed by atoms with Crippen molar-refractivity contribution in [2.75, 3.05) is 11.2 Å². The zero-order valence-electron chi connectivity index (χ0n) is 21.0. The lowest BCUT2D eigenvalue weighted by Crippen LogP contribution is -2.61. The van der Waals surface area contributed by atoms with E-state index in [2.05, 4.69) is 15.3 Å². The van der Waals surface area contributed by atoms with Gasteiger partial charge in [0.15, 0.2) is 9.84 Å². The van der Waals surface area contributed by atoms with Crippen LogP contribution in [0.25, 0.3) is 21.9 Å². The maximum atomic E-state index is 13.7.